The maximum atomic E-state index is 12.6. The fourth-order valence-electron chi connectivity index (χ4n) is 2.40. The monoisotopic (exact) mass is 540 g/mol. The van der Waals surface area contributed by atoms with Crippen molar-refractivity contribution >= 4 is 57.8 Å². The van der Waals surface area contributed by atoms with E-state index in [1.54, 1.807) is 37.3 Å². The van der Waals surface area contributed by atoms with Crippen LogP contribution in [0.2, 0.25) is 5.02 Å². The summed E-state index contributed by atoms with van der Waals surface area (Å²) in [5.74, 6) is -0.391. The number of nitrogens with one attached hydrogen (secondary N) is 1. The normalized spacial score (nSPS) is 10.7. The number of nitriles is 1. The number of rotatable bonds is 7. The standard InChI is InChI=1S/C21H18ClIN2O5/c1-12-15(22)5-4-6-17(12)25-21(27)14(10-24)7-13-8-16(23)20(18(9-13)28-2)30-11-19(26)29-3/h4-9H,11H2,1-3H3,(H,25,27)/b14-7-. The van der Waals surface area contributed by atoms with Crippen LogP contribution in [0, 0.1) is 21.8 Å². The second-order valence-electron chi connectivity index (χ2n) is 5.94. The minimum Gasteiger partial charge on any atom is -0.493 e. The van der Waals surface area contributed by atoms with Gasteiger partial charge in [0.15, 0.2) is 18.1 Å². The van der Waals surface area contributed by atoms with Crippen molar-refractivity contribution in [2.24, 2.45) is 0 Å². The molecule has 7 nitrogen and oxygen atoms in total. The molecule has 0 fully saturated rings. The maximum absolute atomic E-state index is 12.6. The summed E-state index contributed by atoms with van der Waals surface area (Å²) in [5.41, 5.74) is 1.67. The Bertz CT molecular complexity index is 1050. The summed E-state index contributed by atoms with van der Waals surface area (Å²) in [4.78, 5) is 23.9. The summed E-state index contributed by atoms with van der Waals surface area (Å²) in [6.45, 7) is 1.50. The molecule has 0 bridgehead atoms. The molecule has 0 heterocycles. The van der Waals surface area contributed by atoms with Crippen LogP contribution in [0.15, 0.2) is 35.9 Å². The molecule has 156 valence electrons. The second kappa shape index (κ2) is 10.8. The molecule has 0 aliphatic heterocycles. The number of nitrogens with zero attached hydrogens (tertiary/aromatic N) is 1. The van der Waals surface area contributed by atoms with Crippen LogP contribution in [0.3, 0.4) is 0 Å². The first-order valence-corrected chi connectivity index (χ1v) is 10.0. The van der Waals surface area contributed by atoms with Gasteiger partial charge in [-0.2, -0.15) is 5.26 Å². The van der Waals surface area contributed by atoms with Gasteiger partial charge < -0.3 is 19.5 Å². The molecule has 0 aliphatic carbocycles. The molecule has 0 saturated heterocycles. The van der Waals surface area contributed by atoms with Crippen molar-refractivity contribution in [2.75, 3.05) is 26.1 Å². The Kier molecular flexibility index (Phi) is 8.50. The van der Waals surface area contributed by atoms with Crippen LogP contribution >= 0.6 is 34.2 Å². The third-order valence-electron chi connectivity index (χ3n) is 4.01. The zero-order valence-corrected chi connectivity index (χ0v) is 19.3. The van der Waals surface area contributed by atoms with Crippen molar-refractivity contribution in [3.63, 3.8) is 0 Å². The first-order chi connectivity index (χ1) is 14.3. The van der Waals surface area contributed by atoms with E-state index in [2.05, 4.69) is 10.1 Å². The number of anilines is 1. The third-order valence-corrected chi connectivity index (χ3v) is 5.22. The number of methoxy groups -OCH3 is 2. The van der Waals surface area contributed by atoms with Gasteiger partial charge in [-0.25, -0.2) is 4.79 Å². The first kappa shape index (κ1) is 23.5. The number of benzene rings is 2. The van der Waals surface area contributed by atoms with Gasteiger partial charge in [-0.15, -0.1) is 0 Å². The van der Waals surface area contributed by atoms with Crippen molar-refractivity contribution < 1.29 is 23.8 Å². The Morgan fingerprint density at radius 3 is 2.67 bits per heavy atom. The van der Waals surface area contributed by atoms with Crippen LogP contribution < -0.4 is 14.8 Å². The van der Waals surface area contributed by atoms with Crippen LogP contribution in [0.1, 0.15) is 11.1 Å². The molecule has 0 aliphatic rings. The van der Waals surface area contributed by atoms with Crippen molar-refractivity contribution in [3.05, 3.63) is 55.6 Å². The highest BCUT2D eigenvalue weighted by molar-refractivity contribution is 14.1. The number of carbonyl (C=O) groups is 2. The Morgan fingerprint density at radius 2 is 2.03 bits per heavy atom. The molecule has 2 aromatic rings. The van der Waals surface area contributed by atoms with Crippen molar-refractivity contribution in [1.82, 2.24) is 0 Å². The molecule has 1 N–H and O–H groups in total. The SMILES string of the molecule is COC(=O)COc1c(I)cc(/C=C(/C#N)C(=O)Nc2cccc(Cl)c2C)cc1OC. The lowest BCUT2D eigenvalue weighted by molar-refractivity contribution is -0.142. The first-order valence-electron chi connectivity index (χ1n) is 8.56. The lowest BCUT2D eigenvalue weighted by Crippen LogP contribution is -2.14. The van der Waals surface area contributed by atoms with Gasteiger partial charge in [0.05, 0.1) is 17.8 Å². The summed E-state index contributed by atoms with van der Waals surface area (Å²) in [6, 6.07) is 10.3. The van der Waals surface area contributed by atoms with Gasteiger partial charge >= 0.3 is 5.97 Å². The van der Waals surface area contributed by atoms with Gasteiger partial charge in [0.25, 0.3) is 5.91 Å². The van der Waals surface area contributed by atoms with Crippen LogP contribution in [-0.2, 0) is 14.3 Å². The van der Waals surface area contributed by atoms with Crippen LogP contribution in [0.4, 0.5) is 5.69 Å². The van der Waals surface area contributed by atoms with E-state index in [0.29, 0.717) is 36.9 Å². The van der Waals surface area contributed by atoms with Crippen LogP contribution in [0.5, 0.6) is 11.5 Å². The summed E-state index contributed by atoms with van der Waals surface area (Å²) < 4.78 is 16.0. The topological polar surface area (TPSA) is 97.7 Å². The molecule has 0 radical (unpaired) electrons. The Hall–Kier alpha value is -2.77. The number of ether oxygens (including phenoxy) is 3. The maximum Gasteiger partial charge on any atom is 0.343 e. The van der Waals surface area contributed by atoms with E-state index in [-0.39, 0.29) is 12.2 Å². The molecule has 30 heavy (non-hydrogen) atoms. The van der Waals surface area contributed by atoms with E-state index in [1.165, 1.54) is 20.3 Å². The zero-order valence-electron chi connectivity index (χ0n) is 16.4. The highest BCUT2D eigenvalue weighted by Crippen LogP contribution is 2.34. The lowest BCUT2D eigenvalue weighted by atomic mass is 10.1. The second-order valence-corrected chi connectivity index (χ2v) is 7.50. The summed E-state index contributed by atoms with van der Waals surface area (Å²) in [7, 11) is 2.71. The highest BCUT2D eigenvalue weighted by atomic mass is 127. The van der Waals surface area contributed by atoms with Crippen molar-refractivity contribution in [1.29, 1.82) is 5.26 Å². The molecule has 2 rings (SSSR count). The number of esters is 1. The summed E-state index contributed by atoms with van der Waals surface area (Å²) in [5, 5.41) is 12.7. The molecule has 0 saturated carbocycles. The van der Waals surface area contributed by atoms with Crippen molar-refractivity contribution in [2.45, 2.75) is 6.92 Å². The Morgan fingerprint density at radius 1 is 1.30 bits per heavy atom. The van der Waals surface area contributed by atoms with Gasteiger partial charge in [0.2, 0.25) is 0 Å². The highest BCUT2D eigenvalue weighted by Gasteiger charge is 2.16. The largest absolute Gasteiger partial charge is 0.493 e. The minimum atomic E-state index is -0.567. The van der Waals surface area contributed by atoms with Gasteiger partial charge in [-0.1, -0.05) is 17.7 Å². The third kappa shape index (κ3) is 5.87. The molecule has 0 atom stereocenters. The van der Waals surface area contributed by atoms with E-state index in [0.717, 1.165) is 0 Å². The summed E-state index contributed by atoms with van der Waals surface area (Å²) >= 11 is 8.09. The van der Waals surface area contributed by atoms with Gasteiger partial charge in [0.1, 0.15) is 11.6 Å². The van der Waals surface area contributed by atoms with Crippen LogP contribution in [-0.4, -0.2) is 32.7 Å². The van der Waals surface area contributed by atoms with E-state index in [9.17, 15) is 14.9 Å². The number of hydrogen-bond donors (Lipinski definition) is 1. The van der Waals surface area contributed by atoms with E-state index in [1.807, 2.05) is 28.7 Å². The number of amides is 1. The fourth-order valence-corrected chi connectivity index (χ4v) is 3.36. The van der Waals surface area contributed by atoms with Gasteiger partial charge in [-0.3, -0.25) is 4.79 Å². The predicted octanol–water partition coefficient (Wildman–Crippen LogP) is 4.36. The fraction of sp³-hybridized carbons (Fsp3) is 0.190. The molecular weight excluding hydrogens is 523 g/mol. The van der Waals surface area contributed by atoms with Crippen LogP contribution in [0.25, 0.3) is 6.08 Å². The van der Waals surface area contributed by atoms with Gasteiger partial charge in [0, 0.05) is 10.7 Å². The molecule has 0 unspecified atom stereocenters. The van der Waals surface area contributed by atoms with Gasteiger partial charge in [-0.05, 0) is 71.0 Å². The van der Waals surface area contributed by atoms with E-state index >= 15 is 0 Å². The molecule has 9 heteroatoms. The number of halogens is 2. The van der Waals surface area contributed by atoms with E-state index in [4.69, 9.17) is 21.1 Å². The zero-order chi connectivity index (χ0) is 22.3. The lowest BCUT2D eigenvalue weighted by Gasteiger charge is -2.13. The summed E-state index contributed by atoms with van der Waals surface area (Å²) in [6.07, 6.45) is 1.43. The minimum absolute atomic E-state index is 0.101. The average molecular weight is 541 g/mol. The number of hydrogen-bond acceptors (Lipinski definition) is 6. The Labute approximate surface area is 192 Å². The molecule has 2 aromatic carbocycles. The quantitative estimate of drug-likeness (QED) is 0.243. The smallest absolute Gasteiger partial charge is 0.343 e. The van der Waals surface area contributed by atoms with Crippen molar-refractivity contribution in [3.8, 4) is 17.6 Å². The Balaban J connectivity index is 2.31. The molecule has 0 aromatic heterocycles. The molecule has 0 spiro atoms. The van der Waals surface area contributed by atoms with E-state index < -0.39 is 11.9 Å². The molecular formula is C21H18ClIN2O5. The molecule has 1 amide bonds. The predicted molar refractivity (Wildman–Crippen MR) is 122 cm³/mol. The number of carbonyl (C=O) groups excluding carboxylic acids is 2. The average Bonchev–Trinajstić information content (AvgIpc) is 2.73.